The molecule has 2 rings (SSSR count). The predicted molar refractivity (Wildman–Crippen MR) is 77.6 cm³/mol. The molecule has 0 aromatic carbocycles. The van der Waals surface area contributed by atoms with Gasteiger partial charge in [-0.15, -0.1) is 0 Å². The predicted octanol–water partition coefficient (Wildman–Crippen LogP) is -0.103. The van der Waals surface area contributed by atoms with Crippen molar-refractivity contribution >= 4 is 0 Å². The quantitative estimate of drug-likeness (QED) is 0.757. The molecule has 20 heavy (non-hydrogen) atoms. The first-order valence-corrected chi connectivity index (χ1v) is 7.30. The third-order valence-electron chi connectivity index (χ3n) is 3.86. The summed E-state index contributed by atoms with van der Waals surface area (Å²) < 4.78 is 6.92. The molecule has 1 aromatic rings. The van der Waals surface area contributed by atoms with Crippen LogP contribution in [-0.4, -0.2) is 83.3 Å². The van der Waals surface area contributed by atoms with Crippen molar-refractivity contribution in [2.45, 2.75) is 25.6 Å². The number of aromatic nitrogens is 2. The first-order chi connectivity index (χ1) is 9.69. The van der Waals surface area contributed by atoms with Crippen LogP contribution in [0.1, 0.15) is 6.92 Å². The van der Waals surface area contributed by atoms with Crippen molar-refractivity contribution in [3.05, 3.63) is 18.5 Å². The van der Waals surface area contributed by atoms with E-state index in [1.54, 1.807) is 18.0 Å². The van der Waals surface area contributed by atoms with Gasteiger partial charge < -0.3 is 9.84 Å². The molecule has 1 aromatic heterocycles. The van der Waals surface area contributed by atoms with Crippen molar-refractivity contribution in [1.82, 2.24) is 19.6 Å². The van der Waals surface area contributed by atoms with Gasteiger partial charge in [0.1, 0.15) is 0 Å². The van der Waals surface area contributed by atoms with E-state index in [1.807, 2.05) is 12.3 Å². The molecule has 0 amide bonds. The van der Waals surface area contributed by atoms with E-state index >= 15 is 0 Å². The normalized spacial score (nSPS) is 23.1. The van der Waals surface area contributed by atoms with Crippen molar-refractivity contribution in [2.75, 3.05) is 46.4 Å². The van der Waals surface area contributed by atoms with Crippen molar-refractivity contribution in [1.29, 1.82) is 0 Å². The fraction of sp³-hybridized carbons (Fsp3) is 0.786. The zero-order chi connectivity index (χ0) is 14.4. The van der Waals surface area contributed by atoms with Crippen LogP contribution in [0, 0.1) is 0 Å². The highest BCUT2D eigenvalue weighted by Crippen LogP contribution is 2.10. The summed E-state index contributed by atoms with van der Waals surface area (Å²) in [7, 11) is 1.74. The largest absolute Gasteiger partial charge is 0.390 e. The number of aliphatic hydroxyl groups excluding tert-OH is 1. The zero-order valence-electron chi connectivity index (χ0n) is 12.5. The smallest absolute Gasteiger partial charge is 0.0862 e. The molecule has 2 heterocycles. The Balaban J connectivity index is 1.72. The molecule has 1 aliphatic rings. The average molecular weight is 282 g/mol. The Labute approximate surface area is 120 Å². The maximum Gasteiger partial charge on any atom is 0.0862 e. The molecule has 0 radical (unpaired) electrons. The number of ether oxygens (including phenoxy) is 1. The van der Waals surface area contributed by atoms with Crippen molar-refractivity contribution < 1.29 is 9.84 Å². The number of methoxy groups -OCH3 is 1. The van der Waals surface area contributed by atoms with E-state index in [0.717, 1.165) is 32.8 Å². The Morgan fingerprint density at radius 3 is 2.90 bits per heavy atom. The fourth-order valence-electron chi connectivity index (χ4n) is 2.76. The van der Waals surface area contributed by atoms with Gasteiger partial charge in [0.2, 0.25) is 0 Å². The average Bonchev–Trinajstić information content (AvgIpc) is 2.90. The molecule has 0 saturated carbocycles. The molecule has 2 unspecified atom stereocenters. The van der Waals surface area contributed by atoms with Gasteiger partial charge in [0.15, 0.2) is 0 Å². The van der Waals surface area contributed by atoms with Crippen LogP contribution >= 0.6 is 0 Å². The maximum absolute atomic E-state index is 10.1. The SMILES string of the molecule is COCCN1CCN(CC(O)Cn2cccn2)CC1C. The lowest BCUT2D eigenvalue weighted by atomic mass is 10.1. The molecular formula is C14H26N4O2. The number of piperazine rings is 1. The number of rotatable bonds is 7. The monoisotopic (exact) mass is 282 g/mol. The Kier molecular flexibility index (Phi) is 5.97. The molecule has 0 aliphatic carbocycles. The number of β-amino-alcohol motifs (C(OH)–C–C–N with tert-alkyl or cyclic N) is 1. The van der Waals surface area contributed by atoms with E-state index in [0.29, 0.717) is 19.1 Å². The second kappa shape index (κ2) is 7.73. The van der Waals surface area contributed by atoms with Gasteiger partial charge in [0.05, 0.1) is 19.3 Å². The molecule has 6 heteroatoms. The second-order valence-corrected chi connectivity index (χ2v) is 5.52. The van der Waals surface area contributed by atoms with Gasteiger partial charge >= 0.3 is 0 Å². The summed E-state index contributed by atoms with van der Waals surface area (Å²) in [6.07, 6.45) is 3.25. The number of hydrogen-bond donors (Lipinski definition) is 1. The van der Waals surface area contributed by atoms with E-state index in [-0.39, 0.29) is 6.10 Å². The molecule has 1 aliphatic heterocycles. The van der Waals surface area contributed by atoms with Crippen molar-refractivity contribution in [2.24, 2.45) is 0 Å². The summed E-state index contributed by atoms with van der Waals surface area (Å²) in [6, 6.07) is 2.39. The number of hydrogen-bond acceptors (Lipinski definition) is 5. The lowest BCUT2D eigenvalue weighted by Crippen LogP contribution is -2.54. The van der Waals surface area contributed by atoms with Gasteiger partial charge in [-0.25, -0.2) is 0 Å². The molecule has 1 saturated heterocycles. The third kappa shape index (κ3) is 4.56. The lowest BCUT2D eigenvalue weighted by Gasteiger charge is -2.40. The highest BCUT2D eigenvalue weighted by Gasteiger charge is 2.24. The Hall–Kier alpha value is -0.950. The third-order valence-corrected chi connectivity index (χ3v) is 3.86. The van der Waals surface area contributed by atoms with Crippen LogP contribution in [0.2, 0.25) is 0 Å². The molecule has 6 nitrogen and oxygen atoms in total. The standard InChI is InChI=1S/C14H26N4O2/c1-13-10-16(6-7-17(13)8-9-20-2)11-14(19)12-18-5-3-4-15-18/h3-5,13-14,19H,6-12H2,1-2H3. The van der Waals surface area contributed by atoms with Crippen LogP contribution in [0.25, 0.3) is 0 Å². The van der Waals surface area contributed by atoms with E-state index in [4.69, 9.17) is 4.74 Å². The summed E-state index contributed by atoms with van der Waals surface area (Å²) in [5.74, 6) is 0. The Bertz CT molecular complexity index is 371. The highest BCUT2D eigenvalue weighted by molar-refractivity contribution is 4.82. The minimum absolute atomic E-state index is 0.368. The number of nitrogens with zero attached hydrogens (tertiary/aromatic N) is 4. The molecule has 0 spiro atoms. The first-order valence-electron chi connectivity index (χ1n) is 7.30. The highest BCUT2D eigenvalue weighted by atomic mass is 16.5. The van der Waals surface area contributed by atoms with E-state index < -0.39 is 0 Å². The van der Waals surface area contributed by atoms with E-state index in [2.05, 4.69) is 21.8 Å². The van der Waals surface area contributed by atoms with Gasteiger partial charge in [0, 0.05) is 58.3 Å². The zero-order valence-corrected chi connectivity index (χ0v) is 12.5. The first kappa shape index (κ1) is 15.4. The molecule has 1 fully saturated rings. The summed E-state index contributed by atoms with van der Waals surface area (Å²) in [6.45, 7) is 8.33. The summed E-state index contributed by atoms with van der Waals surface area (Å²) >= 11 is 0. The van der Waals surface area contributed by atoms with Gasteiger partial charge in [-0.1, -0.05) is 0 Å². The van der Waals surface area contributed by atoms with Gasteiger partial charge in [-0.05, 0) is 13.0 Å². The fourth-order valence-corrected chi connectivity index (χ4v) is 2.76. The minimum atomic E-state index is -0.368. The second-order valence-electron chi connectivity index (χ2n) is 5.52. The lowest BCUT2D eigenvalue weighted by molar-refractivity contribution is 0.0285. The van der Waals surface area contributed by atoms with Crippen LogP contribution in [0.5, 0.6) is 0 Å². The summed E-state index contributed by atoms with van der Waals surface area (Å²) in [5, 5.41) is 14.3. The van der Waals surface area contributed by atoms with Gasteiger partial charge in [0.25, 0.3) is 0 Å². The maximum atomic E-state index is 10.1. The van der Waals surface area contributed by atoms with Gasteiger partial charge in [-0.2, -0.15) is 5.10 Å². The Morgan fingerprint density at radius 2 is 2.25 bits per heavy atom. The van der Waals surface area contributed by atoms with Crippen LogP contribution in [0.15, 0.2) is 18.5 Å². The molecule has 2 atom stereocenters. The van der Waals surface area contributed by atoms with Crippen LogP contribution in [0.4, 0.5) is 0 Å². The van der Waals surface area contributed by atoms with Crippen LogP contribution in [-0.2, 0) is 11.3 Å². The molecule has 0 bridgehead atoms. The van der Waals surface area contributed by atoms with Crippen molar-refractivity contribution in [3.8, 4) is 0 Å². The van der Waals surface area contributed by atoms with E-state index in [1.165, 1.54) is 0 Å². The molecule has 114 valence electrons. The number of aliphatic hydroxyl groups is 1. The van der Waals surface area contributed by atoms with Crippen LogP contribution < -0.4 is 0 Å². The summed E-state index contributed by atoms with van der Waals surface area (Å²) in [4.78, 5) is 4.78. The van der Waals surface area contributed by atoms with Gasteiger partial charge in [-0.3, -0.25) is 14.5 Å². The molecule has 1 N–H and O–H groups in total. The Morgan fingerprint density at radius 1 is 1.40 bits per heavy atom. The molecular weight excluding hydrogens is 256 g/mol. The topological polar surface area (TPSA) is 53.8 Å². The van der Waals surface area contributed by atoms with Crippen LogP contribution in [0.3, 0.4) is 0 Å². The van der Waals surface area contributed by atoms with Crippen molar-refractivity contribution in [3.63, 3.8) is 0 Å². The minimum Gasteiger partial charge on any atom is -0.390 e. The summed E-state index contributed by atoms with van der Waals surface area (Å²) in [5.41, 5.74) is 0. The van der Waals surface area contributed by atoms with E-state index in [9.17, 15) is 5.11 Å².